The van der Waals surface area contributed by atoms with E-state index >= 15 is 0 Å². The lowest BCUT2D eigenvalue weighted by molar-refractivity contribution is 0.542. The van der Waals surface area contributed by atoms with Crippen molar-refractivity contribution in [2.75, 3.05) is 0 Å². The Balaban J connectivity index is 2.39. The summed E-state index contributed by atoms with van der Waals surface area (Å²) in [4.78, 5) is 0. The van der Waals surface area contributed by atoms with Crippen molar-refractivity contribution in [2.24, 2.45) is 5.73 Å². The molecule has 1 heteroatoms. The third-order valence-electron chi connectivity index (χ3n) is 1.50. The summed E-state index contributed by atoms with van der Waals surface area (Å²) in [5.41, 5.74) is 8.16. The van der Waals surface area contributed by atoms with Gasteiger partial charge < -0.3 is 5.73 Å². The zero-order valence-corrected chi connectivity index (χ0v) is 5.85. The van der Waals surface area contributed by atoms with E-state index in [1.807, 2.05) is 6.92 Å². The molecule has 0 aliphatic heterocycles. The SMILES string of the molecule is C=C(C)C=C1CC(N)C1. The van der Waals surface area contributed by atoms with E-state index in [9.17, 15) is 0 Å². The van der Waals surface area contributed by atoms with Crippen molar-refractivity contribution < 1.29 is 0 Å². The van der Waals surface area contributed by atoms with E-state index in [1.165, 1.54) is 5.57 Å². The van der Waals surface area contributed by atoms with Crippen LogP contribution in [0.4, 0.5) is 0 Å². The Morgan fingerprint density at radius 1 is 1.78 bits per heavy atom. The van der Waals surface area contributed by atoms with Gasteiger partial charge in [-0.2, -0.15) is 0 Å². The van der Waals surface area contributed by atoms with Gasteiger partial charge in [0.25, 0.3) is 0 Å². The van der Waals surface area contributed by atoms with Crippen molar-refractivity contribution in [3.05, 3.63) is 23.8 Å². The van der Waals surface area contributed by atoms with Gasteiger partial charge in [0.1, 0.15) is 0 Å². The van der Waals surface area contributed by atoms with Crippen LogP contribution in [0.2, 0.25) is 0 Å². The summed E-state index contributed by atoms with van der Waals surface area (Å²) >= 11 is 0. The molecule has 0 saturated heterocycles. The third-order valence-corrected chi connectivity index (χ3v) is 1.50. The molecule has 1 aliphatic carbocycles. The Bertz CT molecular complexity index is 148. The van der Waals surface area contributed by atoms with Crippen LogP contribution in [-0.4, -0.2) is 6.04 Å². The van der Waals surface area contributed by atoms with Gasteiger partial charge in [-0.15, -0.1) is 0 Å². The van der Waals surface area contributed by atoms with Crippen LogP contribution in [0.15, 0.2) is 23.8 Å². The molecule has 1 rings (SSSR count). The molecule has 0 bridgehead atoms. The monoisotopic (exact) mass is 123 g/mol. The van der Waals surface area contributed by atoms with Crippen LogP contribution in [0.5, 0.6) is 0 Å². The molecule has 0 aromatic carbocycles. The molecular weight excluding hydrogens is 110 g/mol. The molecule has 0 amide bonds. The fraction of sp³-hybridized carbons (Fsp3) is 0.500. The zero-order valence-electron chi connectivity index (χ0n) is 5.85. The summed E-state index contributed by atoms with van der Waals surface area (Å²) in [6.07, 6.45) is 4.28. The van der Waals surface area contributed by atoms with Crippen molar-refractivity contribution in [3.63, 3.8) is 0 Å². The molecule has 2 N–H and O–H groups in total. The Labute approximate surface area is 56.2 Å². The maximum Gasteiger partial charge on any atom is 0.0114 e. The van der Waals surface area contributed by atoms with Crippen molar-refractivity contribution in [2.45, 2.75) is 25.8 Å². The molecule has 0 spiro atoms. The highest BCUT2D eigenvalue weighted by Gasteiger charge is 2.17. The molecule has 1 nitrogen and oxygen atoms in total. The van der Waals surface area contributed by atoms with Crippen LogP contribution in [0.3, 0.4) is 0 Å². The maximum absolute atomic E-state index is 5.57. The number of allylic oxidation sites excluding steroid dienone is 2. The zero-order chi connectivity index (χ0) is 6.85. The topological polar surface area (TPSA) is 26.0 Å². The van der Waals surface area contributed by atoms with Crippen LogP contribution in [-0.2, 0) is 0 Å². The minimum atomic E-state index is 0.426. The van der Waals surface area contributed by atoms with Gasteiger partial charge >= 0.3 is 0 Å². The fourth-order valence-electron chi connectivity index (χ4n) is 1.08. The minimum absolute atomic E-state index is 0.426. The van der Waals surface area contributed by atoms with Crippen molar-refractivity contribution in [1.82, 2.24) is 0 Å². The highest BCUT2D eigenvalue weighted by molar-refractivity contribution is 5.25. The van der Waals surface area contributed by atoms with Crippen LogP contribution < -0.4 is 5.73 Å². The normalized spacial score (nSPS) is 25.1. The van der Waals surface area contributed by atoms with E-state index in [-0.39, 0.29) is 0 Å². The second kappa shape index (κ2) is 2.36. The van der Waals surface area contributed by atoms with Crippen LogP contribution in [0, 0.1) is 0 Å². The van der Waals surface area contributed by atoms with E-state index in [4.69, 9.17) is 5.73 Å². The fourth-order valence-corrected chi connectivity index (χ4v) is 1.08. The number of hydrogen-bond acceptors (Lipinski definition) is 1. The molecule has 0 aromatic rings. The molecular formula is C8H13N. The van der Waals surface area contributed by atoms with E-state index < -0.39 is 0 Å². The third kappa shape index (κ3) is 1.68. The second-order valence-electron chi connectivity index (χ2n) is 2.82. The Morgan fingerprint density at radius 3 is 2.67 bits per heavy atom. The smallest absolute Gasteiger partial charge is 0.0114 e. The van der Waals surface area contributed by atoms with Gasteiger partial charge in [0, 0.05) is 6.04 Å². The van der Waals surface area contributed by atoms with Crippen LogP contribution in [0.1, 0.15) is 19.8 Å². The highest BCUT2D eigenvalue weighted by atomic mass is 14.7. The van der Waals surface area contributed by atoms with Gasteiger partial charge in [-0.1, -0.05) is 23.8 Å². The molecule has 0 aromatic heterocycles. The second-order valence-corrected chi connectivity index (χ2v) is 2.82. The van der Waals surface area contributed by atoms with E-state index in [1.54, 1.807) is 0 Å². The summed E-state index contributed by atoms with van der Waals surface area (Å²) < 4.78 is 0. The quantitative estimate of drug-likeness (QED) is 0.563. The summed E-state index contributed by atoms with van der Waals surface area (Å²) in [5, 5.41) is 0. The Kier molecular flexibility index (Phi) is 1.72. The summed E-state index contributed by atoms with van der Waals surface area (Å²) in [5.74, 6) is 0. The van der Waals surface area contributed by atoms with Crippen molar-refractivity contribution >= 4 is 0 Å². The first kappa shape index (κ1) is 6.56. The number of rotatable bonds is 1. The largest absolute Gasteiger partial charge is 0.327 e. The van der Waals surface area contributed by atoms with E-state index in [0.717, 1.165) is 18.4 Å². The first-order valence-corrected chi connectivity index (χ1v) is 3.29. The van der Waals surface area contributed by atoms with Gasteiger partial charge in [-0.25, -0.2) is 0 Å². The molecule has 0 unspecified atom stereocenters. The molecule has 0 radical (unpaired) electrons. The van der Waals surface area contributed by atoms with Gasteiger partial charge in [-0.3, -0.25) is 0 Å². The van der Waals surface area contributed by atoms with Crippen molar-refractivity contribution in [3.8, 4) is 0 Å². The highest BCUT2D eigenvalue weighted by Crippen LogP contribution is 2.25. The predicted octanol–water partition coefficient (Wildman–Crippen LogP) is 1.61. The van der Waals surface area contributed by atoms with Crippen LogP contribution in [0.25, 0.3) is 0 Å². The summed E-state index contributed by atoms with van der Waals surface area (Å²) in [6, 6.07) is 0.426. The van der Waals surface area contributed by atoms with Gasteiger partial charge in [0.05, 0.1) is 0 Å². The number of hydrogen-bond donors (Lipinski definition) is 1. The molecule has 1 fully saturated rings. The lowest BCUT2D eigenvalue weighted by Crippen LogP contribution is -2.30. The average molecular weight is 123 g/mol. The average Bonchev–Trinajstić information content (AvgIpc) is 1.60. The van der Waals surface area contributed by atoms with E-state index in [0.29, 0.717) is 6.04 Å². The molecule has 50 valence electrons. The lowest BCUT2D eigenvalue weighted by atomic mass is 9.86. The predicted molar refractivity (Wildman–Crippen MR) is 40.1 cm³/mol. The molecule has 0 heterocycles. The first-order chi connectivity index (χ1) is 4.18. The molecule has 0 atom stereocenters. The van der Waals surface area contributed by atoms with Crippen LogP contribution >= 0.6 is 0 Å². The van der Waals surface area contributed by atoms with Gasteiger partial charge in [-0.05, 0) is 19.8 Å². The summed E-state index contributed by atoms with van der Waals surface area (Å²) in [6.45, 7) is 5.80. The Morgan fingerprint density at radius 2 is 2.33 bits per heavy atom. The Hall–Kier alpha value is -0.560. The number of nitrogens with two attached hydrogens (primary N) is 1. The first-order valence-electron chi connectivity index (χ1n) is 3.29. The standard InChI is InChI=1S/C8H13N/c1-6(2)3-7-4-8(9)5-7/h3,8H,1,4-5,9H2,2H3. The summed E-state index contributed by atoms with van der Waals surface area (Å²) in [7, 11) is 0. The molecule has 9 heavy (non-hydrogen) atoms. The van der Waals surface area contributed by atoms with Crippen molar-refractivity contribution in [1.29, 1.82) is 0 Å². The molecule has 1 aliphatic rings. The lowest BCUT2D eigenvalue weighted by Gasteiger charge is -2.25. The van der Waals surface area contributed by atoms with Gasteiger partial charge in [0.2, 0.25) is 0 Å². The molecule has 1 saturated carbocycles. The minimum Gasteiger partial charge on any atom is -0.327 e. The maximum atomic E-state index is 5.57. The van der Waals surface area contributed by atoms with E-state index in [2.05, 4.69) is 12.7 Å². The van der Waals surface area contributed by atoms with Gasteiger partial charge in [0.15, 0.2) is 0 Å².